The Kier molecular flexibility index (Phi) is 26.8. The number of nitrogen functional groups attached to an aromatic ring is 1. The Morgan fingerprint density at radius 2 is 1.01 bits per heavy atom. The Morgan fingerprint density at radius 3 is 1.47 bits per heavy atom. The summed E-state index contributed by atoms with van der Waals surface area (Å²) in [6, 6.07) is 1.63. The van der Waals surface area contributed by atoms with Gasteiger partial charge in [-0.25, -0.2) is 13.1 Å². The van der Waals surface area contributed by atoms with Crippen LogP contribution in [-0.2, 0) is 43.2 Å². The highest BCUT2D eigenvalue weighted by Crippen LogP contribution is 2.34. The van der Waals surface area contributed by atoms with Crippen LogP contribution in [0.4, 0.5) is 5.69 Å². The smallest absolute Gasteiger partial charge is 0.264 e. The molecule has 0 bridgehead atoms. The molecule has 0 aromatic heterocycles. The standard InChI is InChI=1S/C24H42N2O3S.C23H46N6O13/c1-2-3-4-5-6-7-8-9-10-11-12-13-14-15-16-17-24(27)26-30(28,29)23-20-18-22(25)19-21-23;24-2-7-13(32)15(34)10(28)21(37-7)40-18-6(27)1-5(26)12(31)20(18)42-23-17(36)19(9(4-30)39-23)41-22-11(29)16(35)14(33)8(3-25)38-22/h18-21H,2-17,25H2,1H3,(H,26,27);5-23,30-36H,1-4,24-29H2/t;5-,6+,7-,8+,9-,10-,11-,12+,13-,14-,15-,16-,17-,18-,19-,20-,21-,22-,23+/m.1/s1. The second-order valence-electron chi connectivity index (χ2n) is 19.5. The Hall–Kier alpha value is -2.32. The highest BCUT2D eigenvalue weighted by atomic mass is 32.2. The topological polar surface area (TPSA) is 442 Å². The van der Waals surface area contributed by atoms with Gasteiger partial charge in [0.15, 0.2) is 18.9 Å². The molecule has 25 heteroatoms. The lowest BCUT2D eigenvalue weighted by molar-refractivity contribution is -0.306. The van der Waals surface area contributed by atoms with Crippen LogP contribution in [-0.4, -0.2) is 186 Å². The summed E-state index contributed by atoms with van der Waals surface area (Å²) in [5.74, 6) is -0.443. The van der Waals surface area contributed by atoms with E-state index in [9.17, 15) is 49.0 Å². The molecule has 418 valence electrons. The minimum atomic E-state index is -3.80. The van der Waals surface area contributed by atoms with Crippen LogP contribution >= 0.6 is 0 Å². The molecule has 1 aromatic carbocycles. The van der Waals surface area contributed by atoms with Gasteiger partial charge >= 0.3 is 0 Å². The number of unbranched alkanes of at least 4 members (excludes halogenated alkanes) is 14. The highest BCUT2D eigenvalue weighted by molar-refractivity contribution is 7.90. The maximum Gasteiger partial charge on any atom is 0.264 e. The number of ether oxygens (including phenoxy) is 6. The van der Waals surface area contributed by atoms with Gasteiger partial charge in [-0.15, -0.1) is 0 Å². The Balaban J connectivity index is 0.000000332. The number of hydrogen-bond acceptors (Lipinski definition) is 23. The number of rotatable bonds is 27. The predicted molar refractivity (Wildman–Crippen MR) is 264 cm³/mol. The van der Waals surface area contributed by atoms with Crippen LogP contribution in [0.1, 0.15) is 116 Å². The maximum absolute atomic E-state index is 12.1. The third kappa shape index (κ3) is 17.9. The van der Waals surface area contributed by atoms with Crippen molar-refractivity contribution in [3.05, 3.63) is 24.3 Å². The fourth-order valence-electron chi connectivity index (χ4n) is 9.31. The van der Waals surface area contributed by atoms with Crippen LogP contribution in [0.3, 0.4) is 0 Å². The van der Waals surface area contributed by atoms with E-state index in [1.165, 1.54) is 101 Å². The maximum atomic E-state index is 12.1. The summed E-state index contributed by atoms with van der Waals surface area (Å²) in [6.45, 7) is 1.29. The van der Waals surface area contributed by atoms with Gasteiger partial charge in [0.25, 0.3) is 10.0 Å². The molecule has 3 aliphatic heterocycles. The van der Waals surface area contributed by atoms with Gasteiger partial charge in [-0.1, -0.05) is 96.8 Å². The van der Waals surface area contributed by atoms with Crippen molar-refractivity contribution in [2.75, 3.05) is 25.4 Å². The molecule has 4 fully saturated rings. The van der Waals surface area contributed by atoms with Crippen molar-refractivity contribution in [1.82, 2.24) is 4.72 Å². The summed E-state index contributed by atoms with van der Waals surface area (Å²) in [5, 5.41) is 73.0. The third-order valence-corrected chi connectivity index (χ3v) is 15.2. The van der Waals surface area contributed by atoms with Gasteiger partial charge in [-0.3, -0.25) is 4.79 Å². The highest BCUT2D eigenvalue weighted by Gasteiger charge is 2.54. The monoisotopic (exact) mass is 1050 g/mol. The van der Waals surface area contributed by atoms with Crippen LogP contribution in [0, 0.1) is 0 Å². The van der Waals surface area contributed by atoms with Crippen LogP contribution in [0.15, 0.2) is 29.2 Å². The largest absolute Gasteiger partial charge is 0.399 e. The minimum absolute atomic E-state index is 0.0570. The lowest BCUT2D eigenvalue weighted by Gasteiger charge is -2.47. The molecule has 0 unspecified atom stereocenters. The summed E-state index contributed by atoms with van der Waals surface area (Å²) in [6.07, 6.45) is -0.627. The average Bonchev–Trinajstić information content (AvgIpc) is 3.65. The van der Waals surface area contributed by atoms with E-state index in [2.05, 4.69) is 11.6 Å². The van der Waals surface area contributed by atoms with Crippen LogP contribution in [0.2, 0.25) is 0 Å². The molecule has 1 aromatic rings. The first-order valence-corrected chi connectivity index (χ1v) is 27.2. The van der Waals surface area contributed by atoms with Gasteiger partial charge in [0.2, 0.25) is 5.91 Å². The molecule has 0 radical (unpaired) electrons. The summed E-state index contributed by atoms with van der Waals surface area (Å²) in [5.41, 5.74) is 41.7. The fraction of sp³-hybridized carbons (Fsp3) is 0.851. The molecule has 24 nitrogen and oxygen atoms in total. The van der Waals surface area contributed by atoms with E-state index >= 15 is 0 Å². The van der Waals surface area contributed by atoms with E-state index in [1.54, 1.807) is 0 Å². The number of benzene rings is 1. The quantitative estimate of drug-likeness (QED) is 0.0318. The molecular weight excluding hydrogens is 965 g/mol. The molecule has 0 spiro atoms. The van der Waals surface area contributed by atoms with Crippen molar-refractivity contribution in [2.24, 2.45) is 34.4 Å². The molecule has 19 atom stereocenters. The number of nitrogens with one attached hydrogen (secondary N) is 1. The average molecular weight is 1050 g/mol. The third-order valence-electron chi connectivity index (χ3n) is 13.8. The van der Waals surface area contributed by atoms with E-state index in [1.807, 2.05) is 0 Å². The van der Waals surface area contributed by atoms with Crippen LogP contribution in [0.5, 0.6) is 0 Å². The first-order chi connectivity index (χ1) is 34.3. The van der Waals surface area contributed by atoms with E-state index in [0.29, 0.717) is 5.69 Å². The van der Waals surface area contributed by atoms with Gasteiger partial charge in [0, 0.05) is 37.3 Å². The number of anilines is 1. The first kappa shape index (κ1) is 62.2. The summed E-state index contributed by atoms with van der Waals surface area (Å²) < 4.78 is 61.1. The van der Waals surface area contributed by atoms with E-state index in [-0.39, 0.29) is 30.8 Å². The number of carbonyl (C=O) groups excluding carboxylic acids is 1. The van der Waals surface area contributed by atoms with Crippen molar-refractivity contribution in [1.29, 1.82) is 0 Å². The van der Waals surface area contributed by atoms with E-state index in [0.717, 1.165) is 19.3 Å². The summed E-state index contributed by atoms with van der Waals surface area (Å²) in [4.78, 5) is 12.0. The molecule has 1 amide bonds. The number of nitrogens with two attached hydrogens (primary N) is 7. The van der Waals surface area contributed by atoms with Gasteiger partial charge in [-0.2, -0.15) is 0 Å². The summed E-state index contributed by atoms with van der Waals surface area (Å²) in [7, 11) is -3.80. The van der Waals surface area contributed by atoms with Crippen molar-refractivity contribution in [3.63, 3.8) is 0 Å². The zero-order chi connectivity index (χ0) is 53.1. The normalized spacial score (nSPS) is 36.2. The molecule has 3 heterocycles. The Labute approximate surface area is 423 Å². The Morgan fingerprint density at radius 1 is 0.583 bits per heavy atom. The number of aliphatic hydroxyl groups is 7. The number of carbonyl (C=O) groups is 1. The van der Waals surface area contributed by atoms with Crippen LogP contribution in [0.25, 0.3) is 0 Å². The van der Waals surface area contributed by atoms with Crippen molar-refractivity contribution in [2.45, 2.75) is 237 Å². The summed E-state index contributed by atoms with van der Waals surface area (Å²) >= 11 is 0. The zero-order valence-corrected chi connectivity index (χ0v) is 42.5. The van der Waals surface area contributed by atoms with Crippen molar-refractivity contribution >= 4 is 21.6 Å². The Bertz CT molecular complexity index is 1800. The van der Waals surface area contributed by atoms with Gasteiger partial charge < -0.3 is 104 Å². The fourth-order valence-corrected chi connectivity index (χ4v) is 10.3. The molecule has 3 saturated heterocycles. The zero-order valence-electron chi connectivity index (χ0n) is 41.7. The van der Waals surface area contributed by atoms with Crippen LogP contribution < -0.4 is 44.9 Å². The second-order valence-corrected chi connectivity index (χ2v) is 21.2. The lowest BCUT2D eigenvalue weighted by atomic mass is 9.84. The second kappa shape index (κ2) is 31.0. The van der Waals surface area contributed by atoms with E-state index in [4.69, 9.17) is 68.6 Å². The number of sulfonamides is 1. The number of aliphatic hydroxyl groups excluding tert-OH is 7. The SMILES string of the molecule is CCCCCCCCCCCCCCCCCC(=O)NS(=O)(=O)c1ccc(N)cc1.NC[C@@H]1O[C@H](O[C@H]2[C@@H](O)[C@H](O[C@@H]3[C@@H](O)[C@H](N)C[C@H](N)[C@H]3O[C@H]3O[C@H](CN)[C@@H](O)[C@H](O)[C@H]3N)O[C@@H]2CO)[C@H](N)[C@@H](O)[C@@H]1O. The minimum Gasteiger partial charge on any atom is -0.399 e. The molecule has 1 saturated carbocycles. The predicted octanol–water partition coefficient (Wildman–Crippen LogP) is -2.56. The number of amides is 1. The van der Waals surface area contributed by atoms with E-state index < -0.39 is 139 Å². The molecule has 5 rings (SSSR count). The number of hydrogen-bond donors (Lipinski definition) is 15. The molecule has 1 aliphatic carbocycles. The molecule has 4 aliphatic rings. The first-order valence-electron chi connectivity index (χ1n) is 25.8. The van der Waals surface area contributed by atoms with Gasteiger partial charge in [0.1, 0.15) is 67.1 Å². The molecule has 22 N–H and O–H groups in total. The van der Waals surface area contributed by atoms with Crippen molar-refractivity contribution < 1.29 is 77.4 Å². The lowest BCUT2D eigenvalue weighted by Crippen LogP contribution is -2.68. The van der Waals surface area contributed by atoms with Gasteiger partial charge in [-0.05, 0) is 37.1 Å². The van der Waals surface area contributed by atoms with Crippen molar-refractivity contribution in [3.8, 4) is 0 Å². The van der Waals surface area contributed by atoms with Gasteiger partial charge in [0.05, 0.1) is 29.7 Å². The molecular formula is C47H88N8O16S. The molecule has 72 heavy (non-hydrogen) atoms.